The molecule has 3 heterocycles. The molecule has 5 rings (SSSR count). The minimum absolute atomic E-state index is 0.0367. The van der Waals surface area contributed by atoms with Gasteiger partial charge in [-0.05, 0) is 54.8 Å². The van der Waals surface area contributed by atoms with Gasteiger partial charge in [0.1, 0.15) is 5.75 Å². The number of methoxy groups -OCH3 is 1. The van der Waals surface area contributed by atoms with Crippen LogP contribution in [-0.2, 0) is 6.54 Å². The predicted molar refractivity (Wildman–Crippen MR) is 117 cm³/mol. The number of aryl methyl sites for hydroxylation is 1. The molecule has 0 bridgehead atoms. The number of imidazole rings is 1. The van der Waals surface area contributed by atoms with Crippen molar-refractivity contribution in [2.75, 3.05) is 25.1 Å². The lowest BCUT2D eigenvalue weighted by Gasteiger charge is -2.18. The van der Waals surface area contributed by atoms with Gasteiger partial charge in [-0.1, -0.05) is 18.2 Å². The van der Waals surface area contributed by atoms with Crippen molar-refractivity contribution < 1.29 is 9.53 Å². The lowest BCUT2D eigenvalue weighted by atomic mass is 9.97. The zero-order valence-electron chi connectivity index (χ0n) is 17.2. The van der Waals surface area contributed by atoms with Crippen LogP contribution < -0.4 is 15.0 Å². The van der Waals surface area contributed by atoms with Crippen LogP contribution in [0.15, 0.2) is 55.0 Å². The molecule has 30 heavy (non-hydrogen) atoms. The Kier molecular flexibility index (Phi) is 4.64. The maximum absolute atomic E-state index is 13.2. The quantitative estimate of drug-likeness (QED) is 0.725. The van der Waals surface area contributed by atoms with Crippen molar-refractivity contribution in [2.45, 2.75) is 19.9 Å². The van der Waals surface area contributed by atoms with E-state index in [1.165, 1.54) is 5.57 Å². The first-order valence-electron chi connectivity index (χ1n) is 10.2. The van der Waals surface area contributed by atoms with Gasteiger partial charge < -0.3 is 19.5 Å². The Labute approximate surface area is 175 Å². The zero-order chi connectivity index (χ0) is 20.7. The third-order valence-electron chi connectivity index (χ3n) is 5.81. The van der Waals surface area contributed by atoms with E-state index < -0.39 is 0 Å². The highest BCUT2D eigenvalue weighted by atomic mass is 16.5. The minimum atomic E-state index is 0.0367. The number of carbonyl (C=O) groups is 1. The number of rotatable bonds is 4. The van der Waals surface area contributed by atoms with Gasteiger partial charge in [-0.15, -0.1) is 0 Å². The van der Waals surface area contributed by atoms with E-state index in [0.717, 1.165) is 53.3 Å². The van der Waals surface area contributed by atoms with E-state index in [2.05, 4.69) is 34.6 Å². The smallest absolute Gasteiger partial charge is 0.258 e. The zero-order valence-corrected chi connectivity index (χ0v) is 17.2. The van der Waals surface area contributed by atoms with E-state index in [9.17, 15) is 4.79 Å². The van der Waals surface area contributed by atoms with E-state index in [4.69, 9.17) is 4.74 Å². The lowest BCUT2D eigenvalue weighted by molar-refractivity contribution is 0.0996. The van der Waals surface area contributed by atoms with Gasteiger partial charge in [0, 0.05) is 30.1 Å². The standard InChI is InChI=1S/C24H24N4O2/c1-16-13-27(15-26-16)22-6-5-20(12-23(22)30-2)28-14-19-4-3-18(11-21(19)24(28)29)17-7-9-25-10-8-17/h3-7,11-13,15,25H,8-10,14H2,1-2H3. The Bertz CT molecular complexity index is 1160. The summed E-state index contributed by atoms with van der Waals surface area (Å²) in [7, 11) is 1.64. The third kappa shape index (κ3) is 3.19. The summed E-state index contributed by atoms with van der Waals surface area (Å²) in [6.07, 6.45) is 6.92. The molecule has 1 aromatic heterocycles. The Morgan fingerprint density at radius 2 is 2.07 bits per heavy atom. The van der Waals surface area contributed by atoms with Gasteiger partial charge in [0.15, 0.2) is 0 Å². The first-order chi connectivity index (χ1) is 14.6. The van der Waals surface area contributed by atoms with Crippen molar-refractivity contribution in [1.29, 1.82) is 0 Å². The molecule has 2 aromatic carbocycles. The molecule has 0 unspecified atom stereocenters. The fraction of sp³-hybridized carbons (Fsp3) is 0.250. The molecule has 3 aromatic rings. The number of fused-ring (bicyclic) bond motifs is 1. The van der Waals surface area contributed by atoms with Gasteiger partial charge in [-0.2, -0.15) is 0 Å². The summed E-state index contributed by atoms with van der Waals surface area (Å²) >= 11 is 0. The number of aromatic nitrogens is 2. The van der Waals surface area contributed by atoms with Gasteiger partial charge in [-0.25, -0.2) is 4.98 Å². The monoisotopic (exact) mass is 400 g/mol. The average Bonchev–Trinajstić information content (AvgIpc) is 3.37. The summed E-state index contributed by atoms with van der Waals surface area (Å²) in [6.45, 7) is 4.38. The topological polar surface area (TPSA) is 59.4 Å². The Morgan fingerprint density at radius 1 is 1.17 bits per heavy atom. The molecule has 6 heteroatoms. The van der Waals surface area contributed by atoms with Gasteiger partial charge in [-0.3, -0.25) is 4.79 Å². The number of benzene rings is 2. The van der Waals surface area contributed by atoms with Gasteiger partial charge in [0.05, 0.1) is 31.4 Å². The van der Waals surface area contributed by atoms with Crippen molar-refractivity contribution in [3.05, 3.63) is 77.4 Å². The second-order valence-corrected chi connectivity index (χ2v) is 7.73. The van der Waals surface area contributed by atoms with Gasteiger partial charge >= 0.3 is 0 Å². The summed E-state index contributed by atoms with van der Waals surface area (Å²) in [5.74, 6) is 0.740. The average molecular weight is 400 g/mol. The number of hydrogen-bond acceptors (Lipinski definition) is 4. The van der Waals surface area contributed by atoms with Crippen LogP contribution in [0.25, 0.3) is 11.3 Å². The van der Waals surface area contributed by atoms with Crippen LogP contribution in [0.1, 0.15) is 33.6 Å². The van der Waals surface area contributed by atoms with Crippen LogP contribution in [0.3, 0.4) is 0 Å². The summed E-state index contributed by atoms with van der Waals surface area (Å²) in [5.41, 5.74) is 6.97. The number of nitrogens with zero attached hydrogens (tertiary/aromatic N) is 3. The summed E-state index contributed by atoms with van der Waals surface area (Å²) < 4.78 is 7.55. The number of hydrogen-bond donors (Lipinski definition) is 1. The van der Waals surface area contributed by atoms with E-state index >= 15 is 0 Å². The number of ether oxygens (including phenoxy) is 1. The highest BCUT2D eigenvalue weighted by Gasteiger charge is 2.29. The van der Waals surface area contributed by atoms with Crippen LogP contribution in [0.2, 0.25) is 0 Å². The number of nitrogens with one attached hydrogen (secondary N) is 1. The first kappa shape index (κ1) is 18.6. The van der Waals surface area contributed by atoms with Crippen LogP contribution >= 0.6 is 0 Å². The first-order valence-corrected chi connectivity index (χ1v) is 10.2. The van der Waals surface area contributed by atoms with E-state index in [1.54, 1.807) is 13.4 Å². The molecule has 0 fully saturated rings. The van der Waals surface area contributed by atoms with Crippen molar-refractivity contribution in [3.8, 4) is 11.4 Å². The highest BCUT2D eigenvalue weighted by molar-refractivity contribution is 6.10. The molecule has 1 amide bonds. The van der Waals surface area contributed by atoms with Crippen molar-refractivity contribution in [2.24, 2.45) is 0 Å². The second-order valence-electron chi connectivity index (χ2n) is 7.73. The Morgan fingerprint density at radius 3 is 2.80 bits per heavy atom. The van der Waals surface area contributed by atoms with Crippen LogP contribution in [-0.4, -0.2) is 35.7 Å². The third-order valence-corrected chi connectivity index (χ3v) is 5.81. The lowest BCUT2D eigenvalue weighted by Crippen LogP contribution is -2.23. The van der Waals surface area contributed by atoms with Crippen molar-refractivity contribution >= 4 is 17.2 Å². The molecule has 0 radical (unpaired) electrons. The van der Waals surface area contributed by atoms with Crippen LogP contribution in [0.5, 0.6) is 5.75 Å². The molecular formula is C24H24N4O2. The SMILES string of the molecule is COc1cc(N2Cc3ccc(C4=CCNCC4)cc3C2=O)ccc1-n1cnc(C)c1. The molecule has 1 N–H and O–H groups in total. The largest absolute Gasteiger partial charge is 0.494 e. The molecule has 152 valence electrons. The molecule has 2 aliphatic heterocycles. The van der Waals surface area contributed by atoms with E-state index in [1.807, 2.05) is 40.8 Å². The molecular weight excluding hydrogens is 376 g/mol. The summed E-state index contributed by atoms with van der Waals surface area (Å²) in [4.78, 5) is 19.3. The van der Waals surface area contributed by atoms with Crippen molar-refractivity contribution in [3.63, 3.8) is 0 Å². The molecule has 0 aliphatic carbocycles. The summed E-state index contributed by atoms with van der Waals surface area (Å²) in [5, 5.41) is 3.33. The van der Waals surface area contributed by atoms with Gasteiger partial charge in [0.2, 0.25) is 0 Å². The van der Waals surface area contributed by atoms with Gasteiger partial charge in [0.25, 0.3) is 5.91 Å². The number of anilines is 1. The second kappa shape index (κ2) is 7.46. The number of carbonyl (C=O) groups excluding carboxylic acids is 1. The summed E-state index contributed by atoms with van der Waals surface area (Å²) in [6, 6.07) is 12.1. The number of amides is 1. The molecule has 0 atom stereocenters. The minimum Gasteiger partial charge on any atom is -0.494 e. The molecule has 0 spiro atoms. The predicted octanol–water partition coefficient (Wildman–Crippen LogP) is 3.73. The van der Waals surface area contributed by atoms with Crippen molar-refractivity contribution in [1.82, 2.24) is 14.9 Å². The van der Waals surface area contributed by atoms with Crippen LogP contribution in [0.4, 0.5) is 5.69 Å². The molecule has 6 nitrogen and oxygen atoms in total. The molecule has 0 saturated carbocycles. The van der Waals surface area contributed by atoms with Crippen LogP contribution in [0, 0.1) is 6.92 Å². The molecule has 2 aliphatic rings. The maximum atomic E-state index is 13.2. The fourth-order valence-electron chi connectivity index (χ4n) is 4.19. The van der Waals surface area contributed by atoms with E-state index in [-0.39, 0.29) is 5.91 Å². The Hall–Kier alpha value is -3.38. The van der Waals surface area contributed by atoms with E-state index in [0.29, 0.717) is 12.3 Å². The Balaban J connectivity index is 1.46. The fourth-order valence-corrected chi connectivity index (χ4v) is 4.19. The maximum Gasteiger partial charge on any atom is 0.258 e. The normalized spacial score (nSPS) is 15.9. The highest BCUT2D eigenvalue weighted by Crippen LogP contribution is 2.35. The molecule has 0 saturated heterocycles.